The van der Waals surface area contributed by atoms with Gasteiger partial charge in [0.05, 0.1) is 15.7 Å². The standard InChI is InChI=1S/C11H7B5N2O2/c12-4-1-6-7(2-5(4)13)20-8(3-19-6)9-17-10(14)11(15,16)18-9/h1-2,8,10H,3H2,(H,17,18). The first kappa shape index (κ1) is 13.6. The molecule has 0 saturated heterocycles. The normalized spacial score (nSPS) is 26.7. The van der Waals surface area contributed by atoms with Crippen LogP contribution in [0, 0.1) is 0 Å². The molecule has 2 atom stereocenters. The van der Waals surface area contributed by atoms with Crippen molar-refractivity contribution in [1.82, 2.24) is 5.32 Å². The van der Waals surface area contributed by atoms with E-state index in [-0.39, 0.29) is 6.61 Å². The van der Waals surface area contributed by atoms with Crippen molar-refractivity contribution in [1.29, 1.82) is 0 Å². The molecule has 0 fully saturated rings. The van der Waals surface area contributed by atoms with Crippen molar-refractivity contribution in [2.45, 2.75) is 17.4 Å². The molecule has 20 heavy (non-hydrogen) atoms. The lowest BCUT2D eigenvalue weighted by Crippen LogP contribution is -2.55. The van der Waals surface area contributed by atoms with Crippen LogP contribution in [-0.2, 0) is 0 Å². The van der Waals surface area contributed by atoms with Crippen LogP contribution in [0.5, 0.6) is 11.5 Å². The van der Waals surface area contributed by atoms with Gasteiger partial charge in [0.25, 0.3) is 0 Å². The Balaban J connectivity index is 1.83. The molecule has 0 amide bonds. The van der Waals surface area contributed by atoms with E-state index in [0.717, 1.165) is 0 Å². The molecule has 88 valence electrons. The second-order valence-electron chi connectivity index (χ2n) is 4.86. The number of hydrogen-bond acceptors (Lipinski definition) is 4. The highest BCUT2D eigenvalue weighted by Crippen LogP contribution is 2.30. The van der Waals surface area contributed by atoms with Gasteiger partial charge in [0, 0.05) is 5.94 Å². The smallest absolute Gasteiger partial charge is 0.189 e. The lowest BCUT2D eigenvalue weighted by molar-refractivity contribution is 0.133. The van der Waals surface area contributed by atoms with Crippen molar-refractivity contribution in [3.63, 3.8) is 0 Å². The number of nitrogens with one attached hydrogen (secondary N) is 1. The van der Waals surface area contributed by atoms with E-state index in [1.165, 1.54) is 0 Å². The predicted molar refractivity (Wildman–Crippen MR) is 81.5 cm³/mol. The van der Waals surface area contributed by atoms with Crippen LogP contribution in [0.1, 0.15) is 0 Å². The molecule has 0 spiro atoms. The summed E-state index contributed by atoms with van der Waals surface area (Å²) >= 11 is 0. The van der Waals surface area contributed by atoms with E-state index in [1.807, 2.05) is 0 Å². The second kappa shape index (κ2) is 4.57. The van der Waals surface area contributed by atoms with Crippen LogP contribution >= 0.6 is 0 Å². The maximum Gasteiger partial charge on any atom is 0.189 e. The van der Waals surface area contributed by atoms with Crippen molar-refractivity contribution in [3.8, 4) is 11.5 Å². The van der Waals surface area contributed by atoms with E-state index in [2.05, 4.69) is 10.3 Å². The van der Waals surface area contributed by atoms with E-state index in [1.54, 1.807) is 12.1 Å². The minimum Gasteiger partial charge on any atom is -0.485 e. The average molecular weight is 253 g/mol. The van der Waals surface area contributed by atoms with Gasteiger partial charge in [0.2, 0.25) is 0 Å². The molecule has 4 nitrogen and oxygen atoms in total. The zero-order chi connectivity index (χ0) is 14.5. The largest absolute Gasteiger partial charge is 0.485 e. The third kappa shape index (κ3) is 2.23. The van der Waals surface area contributed by atoms with Crippen LogP contribution in [0.15, 0.2) is 17.1 Å². The number of amidine groups is 1. The third-order valence-corrected chi connectivity index (χ3v) is 3.23. The Labute approximate surface area is 124 Å². The number of aliphatic imine (C=N–C) groups is 1. The summed E-state index contributed by atoms with van der Waals surface area (Å²) in [6, 6.07) is 3.22. The van der Waals surface area contributed by atoms with Gasteiger partial charge in [-0.3, -0.25) is 4.99 Å². The van der Waals surface area contributed by atoms with Gasteiger partial charge in [0.15, 0.2) is 17.6 Å². The quantitative estimate of drug-likeness (QED) is 0.539. The van der Waals surface area contributed by atoms with Gasteiger partial charge < -0.3 is 14.8 Å². The monoisotopic (exact) mass is 254 g/mol. The van der Waals surface area contributed by atoms with Gasteiger partial charge in [0.1, 0.15) is 36.0 Å². The van der Waals surface area contributed by atoms with Gasteiger partial charge in [-0.15, -0.1) is 0 Å². The fourth-order valence-electron chi connectivity index (χ4n) is 2.03. The summed E-state index contributed by atoms with van der Waals surface area (Å²) in [5, 5.41) is 1.53. The fourth-order valence-corrected chi connectivity index (χ4v) is 2.03. The first-order valence-electron chi connectivity index (χ1n) is 6.04. The van der Waals surface area contributed by atoms with Gasteiger partial charge in [-0.25, -0.2) is 0 Å². The maximum atomic E-state index is 5.77. The van der Waals surface area contributed by atoms with Gasteiger partial charge in [-0.1, -0.05) is 10.9 Å². The summed E-state index contributed by atoms with van der Waals surface area (Å²) in [7, 11) is 28.7. The third-order valence-electron chi connectivity index (χ3n) is 3.23. The molecule has 3 rings (SSSR count). The van der Waals surface area contributed by atoms with Gasteiger partial charge in [-0.05, 0) is 17.5 Å². The van der Waals surface area contributed by atoms with Crippen LogP contribution < -0.4 is 25.7 Å². The molecule has 2 heterocycles. The van der Waals surface area contributed by atoms with E-state index in [4.69, 9.17) is 48.7 Å². The molecule has 10 radical (unpaired) electrons. The highest BCUT2D eigenvalue weighted by molar-refractivity contribution is 6.48. The summed E-state index contributed by atoms with van der Waals surface area (Å²) in [6.07, 6.45) is -0.481. The summed E-state index contributed by atoms with van der Waals surface area (Å²) in [5.74, 6) is 0.711. The summed E-state index contributed by atoms with van der Waals surface area (Å²) in [4.78, 5) is 4.15. The van der Waals surface area contributed by atoms with Crippen molar-refractivity contribution in [3.05, 3.63) is 12.1 Å². The maximum absolute atomic E-state index is 5.77. The highest BCUT2D eigenvalue weighted by atomic mass is 16.6. The Bertz CT molecular complexity index is 592. The number of rotatable bonds is 1. The van der Waals surface area contributed by atoms with Gasteiger partial charge in [-0.2, -0.15) is 0 Å². The highest BCUT2D eigenvalue weighted by Gasteiger charge is 2.36. The SMILES string of the molecule is [B]c1cc2c(cc1[B])OC(C1=NC([B])C([B])([B])N1)CO2. The fraction of sp³-hybridized carbons (Fsp3) is 0.364. The van der Waals surface area contributed by atoms with Crippen LogP contribution in [0.25, 0.3) is 0 Å². The molecule has 1 aromatic carbocycles. The molecular weight excluding hydrogens is 246 g/mol. The number of hydrogen-bond donors (Lipinski definition) is 1. The zero-order valence-corrected chi connectivity index (χ0v) is 10.7. The van der Waals surface area contributed by atoms with Crippen molar-refractivity contribution < 1.29 is 9.47 Å². The number of ether oxygens (including phenoxy) is 2. The minimum atomic E-state index is -1.29. The lowest BCUT2D eigenvalue weighted by Gasteiger charge is -2.30. The number of nitrogens with zero attached hydrogens (tertiary/aromatic N) is 1. The molecule has 0 bridgehead atoms. The van der Waals surface area contributed by atoms with E-state index in [9.17, 15) is 0 Å². The van der Waals surface area contributed by atoms with E-state index < -0.39 is 17.4 Å². The van der Waals surface area contributed by atoms with E-state index in [0.29, 0.717) is 28.3 Å². The number of fused-ring (bicyclic) bond motifs is 1. The molecule has 1 aromatic rings. The van der Waals surface area contributed by atoms with E-state index >= 15 is 0 Å². The Kier molecular flexibility index (Phi) is 3.11. The van der Waals surface area contributed by atoms with Crippen LogP contribution in [0.2, 0.25) is 0 Å². The molecular formula is C11H7B5N2O2. The minimum absolute atomic E-state index is 0.241. The summed E-state index contributed by atoms with van der Waals surface area (Å²) in [6.45, 7) is 0.241. The number of benzene rings is 1. The Morgan fingerprint density at radius 1 is 1.20 bits per heavy atom. The summed E-state index contributed by atoms with van der Waals surface area (Å²) < 4.78 is 11.4. The van der Waals surface area contributed by atoms with Crippen LogP contribution in [0.3, 0.4) is 0 Å². The van der Waals surface area contributed by atoms with Crippen LogP contribution in [-0.4, -0.2) is 69.1 Å². The average Bonchev–Trinajstić information content (AvgIpc) is 2.65. The zero-order valence-electron chi connectivity index (χ0n) is 10.7. The van der Waals surface area contributed by atoms with Crippen molar-refractivity contribution in [2.24, 2.45) is 4.99 Å². The lowest BCUT2D eigenvalue weighted by atomic mass is 9.54. The molecule has 2 aliphatic rings. The van der Waals surface area contributed by atoms with Gasteiger partial charge >= 0.3 is 0 Å². The molecule has 9 heteroatoms. The van der Waals surface area contributed by atoms with Crippen LogP contribution in [0.4, 0.5) is 0 Å². The summed E-state index contributed by atoms with van der Waals surface area (Å²) in [5.41, 5.74) is 0.852. The molecule has 2 unspecified atom stereocenters. The van der Waals surface area contributed by atoms with Crippen molar-refractivity contribution in [2.75, 3.05) is 6.61 Å². The predicted octanol–water partition coefficient (Wildman–Crippen LogP) is -3.10. The topological polar surface area (TPSA) is 42.8 Å². The second-order valence-corrected chi connectivity index (χ2v) is 4.86. The molecule has 0 saturated carbocycles. The molecule has 0 aliphatic carbocycles. The van der Waals surface area contributed by atoms with Crippen molar-refractivity contribution >= 4 is 56.0 Å². The Morgan fingerprint density at radius 3 is 2.45 bits per heavy atom. The first-order chi connectivity index (χ1) is 9.37. The Morgan fingerprint density at radius 2 is 1.85 bits per heavy atom. The molecule has 2 aliphatic heterocycles. The molecule has 1 N–H and O–H groups in total. The Hall–Kier alpha value is -1.39. The molecule has 0 aromatic heterocycles. The first-order valence-corrected chi connectivity index (χ1v) is 6.04.